The molecule has 7 nitrogen and oxygen atoms in total. The van der Waals surface area contributed by atoms with E-state index >= 15 is 0 Å². The lowest BCUT2D eigenvalue weighted by molar-refractivity contribution is 0.0660. The second-order valence-electron chi connectivity index (χ2n) is 7.93. The Labute approximate surface area is 178 Å². The highest BCUT2D eigenvalue weighted by molar-refractivity contribution is 5.94. The Bertz CT molecular complexity index is 1250. The zero-order valence-electron chi connectivity index (χ0n) is 17.2. The van der Waals surface area contributed by atoms with Crippen molar-refractivity contribution in [3.05, 3.63) is 71.8 Å². The van der Waals surface area contributed by atoms with Gasteiger partial charge in [0, 0.05) is 25.7 Å². The molecule has 158 valence electrons. The van der Waals surface area contributed by atoms with Gasteiger partial charge >= 0.3 is 0 Å². The summed E-state index contributed by atoms with van der Waals surface area (Å²) < 4.78 is 21.2. The molecule has 1 aliphatic heterocycles. The quantitative estimate of drug-likeness (QED) is 0.501. The topological polar surface area (TPSA) is 76.5 Å². The van der Waals surface area contributed by atoms with Gasteiger partial charge in [0.1, 0.15) is 17.2 Å². The minimum Gasteiger partial charge on any atom is -0.339 e. The van der Waals surface area contributed by atoms with E-state index in [2.05, 4.69) is 15.1 Å². The molecule has 8 heteroatoms. The van der Waals surface area contributed by atoms with E-state index in [0.717, 1.165) is 24.2 Å². The first-order valence-electron chi connectivity index (χ1n) is 10.4. The summed E-state index contributed by atoms with van der Waals surface area (Å²) in [6.07, 6.45) is 4.29. The molecule has 0 N–H and O–H groups in total. The number of aromatic nitrogens is 4. The second kappa shape index (κ2) is 7.94. The fourth-order valence-corrected chi connectivity index (χ4v) is 4.27. The molecule has 1 aromatic carbocycles. The predicted molar refractivity (Wildman–Crippen MR) is 112 cm³/mol. The van der Waals surface area contributed by atoms with E-state index in [1.807, 2.05) is 40.6 Å². The maximum atomic E-state index is 14.0. The molecule has 0 bridgehead atoms. The average Bonchev–Trinajstić information content (AvgIpc) is 3.37. The van der Waals surface area contributed by atoms with Crippen LogP contribution in [-0.4, -0.2) is 43.4 Å². The van der Waals surface area contributed by atoms with Crippen LogP contribution in [0.4, 0.5) is 4.39 Å². The summed E-state index contributed by atoms with van der Waals surface area (Å²) >= 11 is 0. The van der Waals surface area contributed by atoms with Crippen LogP contribution in [0, 0.1) is 18.7 Å². The van der Waals surface area contributed by atoms with E-state index in [1.165, 1.54) is 6.07 Å². The molecule has 1 atom stereocenters. The number of fused-ring (bicyclic) bond motifs is 1. The van der Waals surface area contributed by atoms with Crippen LogP contribution in [0.2, 0.25) is 0 Å². The highest BCUT2D eigenvalue weighted by Gasteiger charge is 2.29. The van der Waals surface area contributed by atoms with Gasteiger partial charge in [0.15, 0.2) is 0 Å². The van der Waals surface area contributed by atoms with Gasteiger partial charge in [-0.05, 0) is 49.9 Å². The van der Waals surface area contributed by atoms with E-state index in [9.17, 15) is 9.18 Å². The summed E-state index contributed by atoms with van der Waals surface area (Å²) in [5.74, 6) is 0.513. The molecule has 4 aromatic rings. The highest BCUT2D eigenvalue weighted by Crippen LogP contribution is 2.25. The lowest BCUT2D eigenvalue weighted by atomic mass is 9.94. The van der Waals surface area contributed by atoms with Gasteiger partial charge in [-0.15, -0.1) is 0 Å². The van der Waals surface area contributed by atoms with Crippen molar-refractivity contribution >= 4 is 11.6 Å². The Balaban J connectivity index is 1.31. The van der Waals surface area contributed by atoms with Gasteiger partial charge in [0.2, 0.25) is 11.7 Å². The van der Waals surface area contributed by atoms with Gasteiger partial charge in [-0.2, -0.15) is 4.98 Å². The van der Waals surface area contributed by atoms with Crippen LogP contribution in [0.5, 0.6) is 0 Å². The number of hydrogen-bond donors (Lipinski definition) is 0. The van der Waals surface area contributed by atoms with Gasteiger partial charge in [0.05, 0.1) is 11.3 Å². The average molecular weight is 419 g/mol. The van der Waals surface area contributed by atoms with Crippen molar-refractivity contribution < 1.29 is 13.7 Å². The smallest absolute Gasteiger partial charge is 0.272 e. The number of imidazole rings is 1. The Morgan fingerprint density at radius 3 is 2.90 bits per heavy atom. The number of carbonyl (C=O) groups excluding carboxylic acids is 1. The van der Waals surface area contributed by atoms with Gasteiger partial charge in [-0.3, -0.25) is 9.20 Å². The van der Waals surface area contributed by atoms with Crippen molar-refractivity contribution in [1.82, 2.24) is 24.4 Å². The third-order valence-electron chi connectivity index (χ3n) is 5.76. The number of amides is 1. The number of nitrogens with zero attached hydrogens (tertiary/aromatic N) is 5. The normalized spacial score (nSPS) is 16.7. The number of piperidine rings is 1. The van der Waals surface area contributed by atoms with Crippen LogP contribution >= 0.6 is 0 Å². The van der Waals surface area contributed by atoms with E-state index in [-0.39, 0.29) is 23.5 Å². The molecule has 1 aliphatic rings. The summed E-state index contributed by atoms with van der Waals surface area (Å²) in [4.78, 5) is 24.1. The Kier molecular flexibility index (Phi) is 4.97. The number of carbonyl (C=O) groups is 1. The molecule has 0 radical (unpaired) electrons. The van der Waals surface area contributed by atoms with Crippen molar-refractivity contribution in [3.63, 3.8) is 0 Å². The predicted octanol–water partition coefficient (Wildman–Crippen LogP) is 3.93. The molecule has 1 saturated heterocycles. The Hall–Kier alpha value is -3.55. The Morgan fingerprint density at radius 2 is 2.03 bits per heavy atom. The number of likely N-dealkylation sites (tertiary alicyclic amines) is 1. The van der Waals surface area contributed by atoms with Crippen molar-refractivity contribution in [1.29, 1.82) is 0 Å². The summed E-state index contributed by atoms with van der Waals surface area (Å²) in [6.45, 7) is 3.18. The zero-order chi connectivity index (χ0) is 21.4. The number of hydrogen-bond acceptors (Lipinski definition) is 5. The third-order valence-corrected chi connectivity index (χ3v) is 5.76. The number of pyridine rings is 1. The first-order valence-corrected chi connectivity index (χ1v) is 10.4. The van der Waals surface area contributed by atoms with Crippen molar-refractivity contribution in [2.75, 3.05) is 13.1 Å². The molecule has 5 rings (SSSR count). The molecular weight excluding hydrogens is 397 g/mol. The van der Waals surface area contributed by atoms with E-state index < -0.39 is 0 Å². The summed E-state index contributed by atoms with van der Waals surface area (Å²) in [6, 6.07) is 12.1. The van der Waals surface area contributed by atoms with Gasteiger partial charge in [-0.25, -0.2) is 9.37 Å². The van der Waals surface area contributed by atoms with Crippen LogP contribution in [0.1, 0.15) is 34.9 Å². The van der Waals surface area contributed by atoms with Gasteiger partial charge in [0.25, 0.3) is 5.91 Å². The van der Waals surface area contributed by atoms with Gasteiger partial charge < -0.3 is 9.42 Å². The maximum absolute atomic E-state index is 14.0. The lowest BCUT2D eigenvalue weighted by Gasteiger charge is -2.32. The number of halogens is 1. The largest absolute Gasteiger partial charge is 0.339 e. The molecule has 31 heavy (non-hydrogen) atoms. The van der Waals surface area contributed by atoms with Crippen LogP contribution in [-0.2, 0) is 6.42 Å². The third kappa shape index (κ3) is 3.69. The van der Waals surface area contributed by atoms with Crippen molar-refractivity contribution in [2.24, 2.45) is 5.92 Å². The number of rotatable bonds is 4. The minimum absolute atomic E-state index is 0.0153. The summed E-state index contributed by atoms with van der Waals surface area (Å²) in [7, 11) is 0. The van der Waals surface area contributed by atoms with Crippen LogP contribution < -0.4 is 0 Å². The molecule has 1 fully saturated rings. The fourth-order valence-electron chi connectivity index (χ4n) is 4.27. The van der Waals surface area contributed by atoms with E-state index in [4.69, 9.17) is 4.52 Å². The second-order valence-corrected chi connectivity index (χ2v) is 7.93. The lowest BCUT2D eigenvalue weighted by Crippen LogP contribution is -2.41. The number of aryl methyl sites for hydroxylation is 1. The fraction of sp³-hybridized carbons (Fsp3) is 0.304. The van der Waals surface area contributed by atoms with Crippen LogP contribution in [0.15, 0.2) is 53.2 Å². The molecular formula is C23H22FN5O2. The number of benzene rings is 1. The summed E-state index contributed by atoms with van der Waals surface area (Å²) in [5.41, 5.74) is 2.42. The first-order chi connectivity index (χ1) is 15.1. The van der Waals surface area contributed by atoms with Crippen molar-refractivity contribution in [2.45, 2.75) is 26.2 Å². The SMILES string of the molecule is Cc1nc2ccccn2c1C(=O)N1CCC[C@@H](Cc2nc(-c3ccccc3F)no2)C1. The molecule has 1 amide bonds. The molecule has 0 unspecified atom stereocenters. The maximum Gasteiger partial charge on any atom is 0.272 e. The van der Waals surface area contributed by atoms with Crippen molar-refractivity contribution in [3.8, 4) is 11.4 Å². The molecule has 0 saturated carbocycles. The zero-order valence-corrected chi connectivity index (χ0v) is 17.2. The minimum atomic E-state index is -0.382. The molecule has 0 spiro atoms. The van der Waals surface area contributed by atoms with Crippen LogP contribution in [0.25, 0.3) is 17.0 Å². The van der Waals surface area contributed by atoms with E-state index in [1.54, 1.807) is 18.2 Å². The van der Waals surface area contributed by atoms with E-state index in [0.29, 0.717) is 36.7 Å². The molecule has 0 aliphatic carbocycles. The van der Waals surface area contributed by atoms with Crippen LogP contribution in [0.3, 0.4) is 0 Å². The first kappa shape index (κ1) is 19.4. The summed E-state index contributed by atoms with van der Waals surface area (Å²) in [5, 5.41) is 3.94. The standard InChI is InChI=1S/C23H22FN5O2/c1-15-21(29-12-5-4-10-19(29)25-15)23(30)28-11-6-7-16(14-28)13-20-26-22(27-31-20)17-8-2-3-9-18(17)24/h2-5,8-10,12,16H,6-7,11,13-14H2,1H3/t16-/m0/s1. The van der Waals surface area contributed by atoms with Gasteiger partial charge in [-0.1, -0.05) is 23.4 Å². The molecule has 4 heterocycles. The Morgan fingerprint density at radius 1 is 1.19 bits per heavy atom. The molecule has 3 aromatic heterocycles. The highest BCUT2D eigenvalue weighted by atomic mass is 19.1. The monoisotopic (exact) mass is 419 g/mol.